The molecule has 0 saturated carbocycles. The Morgan fingerprint density at radius 2 is 1.76 bits per heavy atom. The van der Waals surface area contributed by atoms with Crippen LogP contribution in [0.2, 0.25) is 0 Å². The molecule has 0 N–H and O–H groups in total. The second kappa shape index (κ2) is 7.79. The van der Waals surface area contributed by atoms with Crippen molar-refractivity contribution in [1.82, 2.24) is 0 Å². The molecule has 0 fully saturated rings. The predicted molar refractivity (Wildman–Crippen MR) is 94.0 cm³/mol. The molecule has 1 unspecified atom stereocenters. The molecule has 0 amide bonds. The molecule has 1 aliphatic rings. The van der Waals surface area contributed by atoms with E-state index in [1.54, 1.807) is 12.1 Å². The highest BCUT2D eigenvalue weighted by Crippen LogP contribution is 2.36. The van der Waals surface area contributed by atoms with Crippen LogP contribution in [0.4, 0.5) is 0 Å². The molecule has 2 aromatic rings. The number of rotatable bonds is 5. The van der Waals surface area contributed by atoms with Crippen molar-refractivity contribution >= 4 is 11.9 Å². The number of hydrogen-bond donors (Lipinski definition) is 0. The zero-order valence-electron chi connectivity index (χ0n) is 14.1. The Morgan fingerprint density at radius 3 is 2.44 bits per heavy atom. The first kappa shape index (κ1) is 17.0. The fourth-order valence-corrected chi connectivity index (χ4v) is 3.02. The minimum absolute atomic E-state index is 0.0228. The summed E-state index contributed by atoms with van der Waals surface area (Å²) in [7, 11) is 0. The van der Waals surface area contributed by atoms with Gasteiger partial charge in [-0.3, -0.25) is 4.79 Å². The fraction of sp³-hybridized carbons (Fsp3) is 0.238. The molecule has 0 radical (unpaired) electrons. The van der Waals surface area contributed by atoms with Gasteiger partial charge in [0, 0.05) is 18.4 Å². The number of hydrogen-bond acceptors (Lipinski definition) is 4. The number of esters is 2. The Bertz CT molecular complexity index is 775. The topological polar surface area (TPSA) is 52.6 Å². The van der Waals surface area contributed by atoms with Crippen LogP contribution in [0, 0.1) is 0 Å². The number of carbonyl (C=O) groups excluding carboxylic acids is 2. The highest BCUT2D eigenvalue weighted by molar-refractivity contribution is 5.90. The van der Waals surface area contributed by atoms with E-state index in [2.05, 4.69) is 0 Å². The van der Waals surface area contributed by atoms with Crippen LogP contribution in [-0.2, 0) is 20.9 Å². The first-order valence-corrected chi connectivity index (χ1v) is 8.33. The maximum Gasteiger partial charge on any atom is 0.334 e. The Balaban J connectivity index is 1.65. The van der Waals surface area contributed by atoms with Crippen molar-refractivity contribution in [2.45, 2.75) is 32.3 Å². The van der Waals surface area contributed by atoms with Gasteiger partial charge in [0.2, 0.25) is 0 Å². The van der Waals surface area contributed by atoms with Gasteiger partial charge in [-0.1, -0.05) is 48.5 Å². The maximum absolute atomic E-state index is 12.5. The molecule has 0 saturated heterocycles. The van der Waals surface area contributed by atoms with Gasteiger partial charge in [-0.2, -0.15) is 0 Å². The molecule has 2 aromatic carbocycles. The zero-order chi connectivity index (χ0) is 17.6. The minimum Gasteiger partial charge on any atom is -0.457 e. The standard InChI is InChI=1S/C21H20O4/c1-15(22)25-18-12-10-17(11-13-18)19-8-5-9-20(19)21(23)24-14-16-6-3-2-4-7-16/h2-4,6-7,9-13,19H,5,8,14H2,1H3. The van der Waals surface area contributed by atoms with Crippen molar-refractivity contribution < 1.29 is 19.1 Å². The van der Waals surface area contributed by atoms with Crippen molar-refractivity contribution in [3.05, 3.63) is 77.4 Å². The predicted octanol–water partition coefficient (Wildman–Crippen LogP) is 4.16. The molecule has 4 heteroatoms. The van der Waals surface area contributed by atoms with Crippen molar-refractivity contribution in [2.24, 2.45) is 0 Å². The van der Waals surface area contributed by atoms with Gasteiger partial charge in [0.25, 0.3) is 0 Å². The SMILES string of the molecule is CC(=O)Oc1ccc(C2CCC=C2C(=O)OCc2ccccc2)cc1. The third kappa shape index (κ3) is 4.35. The molecule has 3 rings (SSSR count). The van der Waals surface area contributed by atoms with Gasteiger partial charge >= 0.3 is 11.9 Å². The van der Waals surface area contributed by atoms with Gasteiger partial charge in [0.1, 0.15) is 12.4 Å². The molecule has 128 valence electrons. The van der Waals surface area contributed by atoms with Crippen LogP contribution in [0.1, 0.15) is 36.8 Å². The summed E-state index contributed by atoms with van der Waals surface area (Å²) in [4.78, 5) is 23.4. The second-order valence-corrected chi connectivity index (χ2v) is 6.01. The molecular formula is C21H20O4. The molecule has 0 aliphatic heterocycles. The number of allylic oxidation sites excluding steroid dienone is 1. The average Bonchev–Trinajstić information content (AvgIpc) is 3.10. The van der Waals surface area contributed by atoms with Crippen molar-refractivity contribution in [3.8, 4) is 5.75 Å². The summed E-state index contributed by atoms with van der Waals surface area (Å²) < 4.78 is 10.5. The van der Waals surface area contributed by atoms with E-state index in [0.717, 1.165) is 24.0 Å². The monoisotopic (exact) mass is 336 g/mol. The lowest BCUT2D eigenvalue weighted by Gasteiger charge is -2.15. The van der Waals surface area contributed by atoms with E-state index in [4.69, 9.17) is 9.47 Å². The molecule has 0 aromatic heterocycles. The van der Waals surface area contributed by atoms with Gasteiger partial charge in [-0.05, 0) is 36.1 Å². The van der Waals surface area contributed by atoms with E-state index in [9.17, 15) is 9.59 Å². The molecular weight excluding hydrogens is 316 g/mol. The number of benzene rings is 2. The highest BCUT2D eigenvalue weighted by Gasteiger charge is 2.27. The summed E-state index contributed by atoms with van der Waals surface area (Å²) in [6.07, 6.45) is 3.69. The minimum atomic E-state index is -0.348. The summed E-state index contributed by atoms with van der Waals surface area (Å²) in [5.74, 6) is -0.0878. The summed E-state index contributed by atoms with van der Waals surface area (Å²) >= 11 is 0. The second-order valence-electron chi connectivity index (χ2n) is 6.01. The quantitative estimate of drug-likeness (QED) is 0.608. The lowest BCUT2D eigenvalue weighted by Crippen LogP contribution is -2.12. The van der Waals surface area contributed by atoms with E-state index in [0.29, 0.717) is 11.3 Å². The molecule has 0 spiro atoms. The Kier molecular flexibility index (Phi) is 5.29. The molecule has 1 aliphatic carbocycles. The van der Waals surface area contributed by atoms with Gasteiger partial charge in [-0.15, -0.1) is 0 Å². The van der Waals surface area contributed by atoms with Crippen LogP contribution in [0.15, 0.2) is 66.2 Å². The van der Waals surface area contributed by atoms with Crippen molar-refractivity contribution in [2.75, 3.05) is 0 Å². The summed E-state index contributed by atoms with van der Waals surface area (Å²) in [5.41, 5.74) is 2.70. The highest BCUT2D eigenvalue weighted by atomic mass is 16.5. The zero-order valence-corrected chi connectivity index (χ0v) is 14.1. The largest absolute Gasteiger partial charge is 0.457 e. The van der Waals surface area contributed by atoms with E-state index < -0.39 is 0 Å². The first-order valence-electron chi connectivity index (χ1n) is 8.33. The van der Waals surface area contributed by atoms with Gasteiger partial charge in [0.05, 0.1) is 0 Å². The molecule has 0 heterocycles. The van der Waals surface area contributed by atoms with Crippen LogP contribution in [0.3, 0.4) is 0 Å². The first-order chi connectivity index (χ1) is 12.1. The van der Waals surface area contributed by atoms with Crippen LogP contribution in [0.5, 0.6) is 5.75 Å². The van der Waals surface area contributed by atoms with Crippen molar-refractivity contribution in [1.29, 1.82) is 0 Å². The van der Waals surface area contributed by atoms with Crippen molar-refractivity contribution in [3.63, 3.8) is 0 Å². The van der Waals surface area contributed by atoms with Crippen LogP contribution >= 0.6 is 0 Å². The molecule has 0 bridgehead atoms. The Morgan fingerprint density at radius 1 is 1.04 bits per heavy atom. The maximum atomic E-state index is 12.5. The normalized spacial score (nSPS) is 16.2. The fourth-order valence-electron chi connectivity index (χ4n) is 3.02. The van der Waals surface area contributed by atoms with Crippen LogP contribution in [-0.4, -0.2) is 11.9 Å². The smallest absolute Gasteiger partial charge is 0.334 e. The molecule has 25 heavy (non-hydrogen) atoms. The Labute approximate surface area is 147 Å². The van der Waals surface area contributed by atoms with Gasteiger partial charge in [0.15, 0.2) is 0 Å². The van der Waals surface area contributed by atoms with E-state index in [-0.39, 0.29) is 24.5 Å². The summed E-state index contributed by atoms with van der Waals surface area (Å²) in [6, 6.07) is 16.9. The van der Waals surface area contributed by atoms with Crippen LogP contribution in [0.25, 0.3) is 0 Å². The number of ether oxygens (including phenoxy) is 2. The summed E-state index contributed by atoms with van der Waals surface area (Å²) in [6.45, 7) is 1.64. The van der Waals surface area contributed by atoms with E-state index in [1.807, 2.05) is 48.5 Å². The number of carbonyl (C=O) groups is 2. The van der Waals surface area contributed by atoms with Gasteiger partial charge in [-0.25, -0.2) is 4.79 Å². The van der Waals surface area contributed by atoms with E-state index >= 15 is 0 Å². The Hall–Kier alpha value is -2.88. The summed E-state index contributed by atoms with van der Waals surface area (Å²) in [5, 5.41) is 0. The van der Waals surface area contributed by atoms with Gasteiger partial charge < -0.3 is 9.47 Å². The average molecular weight is 336 g/mol. The molecule has 4 nitrogen and oxygen atoms in total. The third-order valence-electron chi connectivity index (χ3n) is 4.19. The van der Waals surface area contributed by atoms with E-state index in [1.165, 1.54) is 6.92 Å². The molecule has 1 atom stereocenters. The lowest BCUT2D eigenvalue weighted by molar-refractivity contribution is -0.140. The lowest BCUT2D eigenvalue weighted by atomic mass is 9.92. The van der Waals surface area contributed by atoms with Crippen LogP contribution < -0.4 is 4.74 Å². The third-order valence-corrected chi connectivity index (χ3v) is 4.19.